The van der Waals surface area contributed by atoms with E-state index in [-0.39, 0.29) is 5.91 Å². The van der Waals surface area contributed by atoms with Crippen molar-refractivity contribution in [3.8, 4) is 0 Å². The summed E-state index contributed by atoms with van der Waals surface area (Å²) in [5.41, 5.74) is 0. The lowest BCUT2D eigenvalue weighted by Gasteiger charge is -2.12. The number of amides is 1. The molecule has 0 spiro atoms. The average molecular weight is 230 g/mol. The molecule has 0 aromatic rings. The number of carboxylic acid groups (broad SMARTS) is 1. The first-order valence-electron chi connectivity index (χ1n) is 5.47. The molecule has 6 nitrogen and oxygen atoms in total. The number of hydrogen-bond acceptors (Lipinski definition) is 4. The fourth-order valence-corrected chi connectivity index (χ4v) is 1.75. The lowest BCUT2D eigenvalue weighted by molar-refractivity contribution is -0.143. The van der Waals surface area contributed by atoms with Gasteiger partial charge < -0.3 is 20.8 Å². The summed E-state index contributed by atoms with van der Waals surface area (Å²) < 4.78 is 0. The van der Waals surface area contributed by atoms with Gasteiger partial charge in [-0.3, -0.25) is 4.79 Å². The molecule has 16 heavy (non-hydrogen) atoms. The first kappa shape index (κ1) is 12.9. The fourth-order valence-electron chi connectivity index (χ4n) is 1.75. The first-order chi connectivity index (χ1) is 7.63. The Morgan fingerprint density at radius 2 is 2.25 bits per heavy atom. The molecule has 6 heteroatoms. The molecule has 1 aliphatic heterocycles. The molecule has 1 fully saturated rings. The maximum Gasteiger partial charge on any atom is 0.328 e. The number of carbonyl (C=O) groups is 2. The highest BCUT2D eigenvalue weighted by atomic mass is 16.4. The highest BCUT2D eigenvalue weighted by Crippen LogP contribution is 2.13. The van der Waals surface area contributed by atoms with Crippen LogP contribution in [-0.2, 0) is 9.59 Å². The van der Waals surface area contributed by atoms with Gasteiger partial charge in [-0.25, -0.2) is 4.79 Å². The van der Waals surface area contributed by atoms with E-state index >= 15 is 0 Å². The summed E-state index contributed by atoms with van der Waals surface area (Å²) in [6, 6.07) is -1.19. The normalized spacial score (nSPS) is 21.7. The minimum Gasteiger partial charge on any atom is -0.480 e. The number of aliphatic hydroxyl groups is 1. The van der Waals surface area contributed by atoms with Crippen LogP contribution >= 0.6 is 0 Å². The van der Waals surface area contributed by atoms with E-state index in [2.05, 4.69) is 10.6 Å². The van der Waals surface area contributed by atoms with Crippen molar-refractivity contribution in [1.82, 2.24) is 10.6 Å². The van der Waals surface area contributed by atoms with E-state index < -0.39 is 18.6 Å². The van der Waals surface area contributed by atoms with Crippen molar-refractivity contribution in [3.05, 3.63) is 0 Å². The van der Waals surface area contributed by atoms with Crippen molar-refractivity contribution < 1.29 is 19.8 Å². The molecule has 1 saturated heterocycles. The van der Waals surface area contributed by atoms with Crippen LogP contribution in [0, 0.1) is 5.92 Å². The van der Waals surface area contributed by atoms with Gasteiger partial charge in [0.1, 0.15) is 6.04 Å². The molecule has 0 aromatic heterocycles. The Kier molecular flexibility index (Phi) is 5.21. The second kappa shape index (κ2) is 6.44. The van der Waals surface area contributed by atoms with E-state index in [0.717, 1.165) is 25.9 Å². The lowest BCUT2D eigenvalue weighted by Crippen LogP contribution is -2.43. The summed E-state index contributed by atoms with van der Waals surface area (Å²) >= 11 is 0. The summed E-state index contributed by atoms with van der Waals surface area (Å²) in [5.74, 6) is -1.02. The molecule has 4 N–H and O–H groups in total. The van der Waals surface area contributed by atoms with Crippen LogP contribution in [0.2, 0.25) is 0 Å². The van der Waals surface area contributed by atoms with Crippen LogP contribution in [0.15, 0.2) is 0 Å². The van der Waals surface area contributed by atoms with Gasteiger partial charge in [0.05, 0.1) is 6.61 Å². The van der Waals surface area contributed by atoms with Crippen molar-refractivity contribution in [2.45, 2.75) is 25.3 Å². The monoisotopic (exact) mass is 230 g/mol. The zero-order valence-corrected chi connectivity index (χ0v) is 9.11. The predicted molar refractivity (Wildman–Crippen MR) is 56.9 cm³/mol. The number of carbonyl (C=O) groups excluding carboxylic acids is 1. The van der Waals surface area contributed by atoms with Crippen LogP contribution in [0.1, 0.15) is 19.3 Å². The summed E-state index contributed by atoms with van der Waals surface area (Å²) in [7, 11) is 0. The third kappa shape index (κ3) is 4.16. The molecule has 2 unspecified atom stereocenters. The van der Waals surface area contributed by atoms with Crippen LogP contribution in [0.3, 0.4) is 0 Å². The van der Waals surface area contributed by atoms with Crippen LogP contribution in [0.5, 0.6) is 0 Å². The van der Waals surface area contributed by atoms with E-state index in [9.17, 15) is 9.59 Å². The Balaban J connectivity index is 2.21. The third-order valence-electron chi connectivity index (χ3n) is 2.76. The quantitative estimate of drug-likeness (QED) is 0.466. The van der Waals surface area contributed by atoms with Gasteiger partial charge >= 0.3 is 5.97 Å². The first-order valence-corrected chi connectivity index (χ1v) is 5.47. The average Bonchev–Trinajstić information content (AvgIpc) is 2.75. The Bertz CT molecular complexity index is 251. The minimum atomic E-state index is -1.21. The largest absolute Gasteiger partial charge is 0.480 e. The molecule has 0 saturated carbocycles. The van der Waals surface area contributed by atoms with Crippen LogP contribution in [0.25, 0.3) is 0 Å². The standard InChI is InChI=1S/C10H18N2O4/c13-6-8(10(15)16)12-9(14)2-1-7-3-4-11-5-7/h7-8,11,13H,1-6H2,(H,12,14)(H,15,16). The van der Waals surface area contributed by atoms with E-state index in [1.165, 1.54) is 0 Å². The Labute approximate surface area is 94.0 Å². The maximum atomic E-state index is 11.4. The molecule has 1 rings (SSSR count). The number of hydrogen-bond donors (Lipinski definition) is 4. The molecule has 92 valence electrons. The van der Waals surface area contributed by atoms with E-state index in [1.54, 1.807) is 0 Å². The van der Waals surface area contributed by atoms with Crippen LogP contribution in [0.4, 0.5) is 0 Å². The molecule has 1 heterocycles. The van der Waals surface area contributed by atoms with E-state index in [4.69, 9.17) is 10.2 Å². The van der Waals surface area contributed by atoms with Crippen molar-refractivity contribution in [1.29, 1.82) is 0 Å². The topological polar surface area (TPSA) is 98.7 Å². The molecule has 0 bridgehead atoms. The van der Waals surface area contributed by atoms with Gasteiger partial charge in [-0.2, -0.15) is 0 Å². The van der Waals surface area contributed by atoms with E-state index in [1.807, 2.05) is 0 Å². The van der Waals surface area contributed by atoms with Gasteiger partial charge in [0, 0.05) is 6.42 Å². The van der Waals surface area contributed by atoms with Crippen molar-refractivity contribution >= 4 is 11.9 Å². The van der Waals surface area contributed by atoms with Gasteiger partial charge in [0.25, 0.3) is 0 Å². The number of rotatable bonds is 6. The fraction of sp³-hybridized carbons (Fsp3) is 0.800. The van der Waals surface area contributed by atoms with Crippen molar-refractivity contribution in [2.24, 2.45) is 5.92 Å². The molecule has 2 atom stereocenters. The molecule has 0 radical (unpaired) electrons. The zero-order valence-electron chi connectivity index (χ0n) is 9.11. The second-order valence-corrected chi connectivity index (χ2v) is 4.04. The number of aliphatic hydroxyl groups excluding tert-OH is 1. The Morgan fingerprint density at radius 3 is 2.75 bits per heavy atom. The van der Waals surface area contributed by atoms with Gasteiger partial charge in [0.15, 0.2) is 0 Å². The zero-order chi connectivity index (χ0) is 12.0. The van der Waals surface area contributed by atoms with Crippen LogP contribution in [-0.4, -0.2) is 47.8 Å². The summed E-state index contributed by atoms with van der Waals surface area (Å²) in [4.78, 5) is 21.9. The van der Waals surface area contributed by atoms with Crippen molar-refractivity contribution in [3.63, 3.8) is 0 Å². The molecule has 0 aromatic carbocycles. The number of aliphatic carboxylic acids is 1. The molecular weight excluding hydrogens is 212 g/mol. The van der Waals surface area contributed by atoms with E-state index in [0.29, 0.717) is 12.3 Å². The SMILES string of the molecule is O=C(CCC1CCNC1)NC(CO)C(=O)O. The van der Waals surface area contributed by atoms with Gasteiger partial charge in [-0.1, -0.05) is 0 Å². The van der Waals surface area contributed by atoms with Crippen LogP contribution < -0.4 is 10.6 Å². The third-order valence-corrected chi connectivity index (χ3v) is 2.76. The lowest BCUT2D eigenvalue weighted by atomic mass is 10.0. The number of nitrogens with one attached hydrogen (secondary N) is 2. The Morgan fingerprint density at radius 1 is 1.50 bits per heavy atom. The smallest absolute Gasteiger partial charge is 0.328 e. The Hall–Kier alpha value is -1.14. The van der Waals surface area contributed by atoms with Gasteiger partial charge in [-0.15, -0.1) is 0 Å². The molecule has 0 aliphatic carbocycles. The highest BCUT2D eigenvalue weighted by molar-refractivity contribution is 5.83. The van der Waals surface area contributed by atoms with Gasteiger partial charge in [-0.05, 0) is 31.8 Å². The summed E-state index contributed by atoms with van der Waals surface area (Å²) in [6.07, 6.45) is 2.14. The predicted octanol–water partition coefficient (Wildman–Crippen LogP) is -1.06. The second-order valence-electron chi connectivity index (χ2n) is 4.04. The minimum absolute atomic E-state index is 0.312. The van der Waals surface area contributed by atoms with Gasteiger partial charge in [0.2, 0.25) is 5.91 Å². The van der Waals surface area contributed by atoms with Crippen molar-refractivity contribution in [2.75, 3.05) is 19.7 Å². The molecular formula is C10H18N2O4. The molecule has 1 aliphatic rings. The maximum absolute atomic E-state index is 11.4. The number of carboxylic acids is 1. The molecule has 1 amide bonds. The summed E-state index contributed by atoms with van der Waals surface area (Å²) in [6.45, 7) is 1.34. The highest BCUT2D eigenvalue weighted by Gasteiger charge is 2.20. The summed E-state index contributed by atoms with van der Waals surface area (Å²) in [5, 5.41) is 22.8.